The number of hydrogen-bond donors (Lipinski definition) is 0. The van der Waals surface area contributed by atoms with E-state index >= 15 is 0 Å². The fourth-order valence-corrected chi connectivity index (χ4v) is 3.88. The first kappa shape index (κ1) is 13.6. The molecule has 4 atom stereocenters. The van der Waals surface area contributed by atoms with E-state index in [0.29, 0.717) is 10.2 Å². The highest BCUT2D eigenvalue weighted by Gasteiger charge is 2.61. The lowest BCUT2D eigenvalue weighted by molar-refractivity contribution is -0.384. The van der Waals surface area contributed by atoms with Crippen LogP contribution in [0.2, 0.25) is 0 Å². The molecule has 4 rings (SSSR count). The second kappa shape index (κ2) is 4.47. The Hall–Kier alpha value is -2.06. The van der Waals surface area contributed by atoms with E-state index in [-0.39, 0.29) is 29.7 Å². The van der Waals surface area contributed by atoms with Crippen LogP contribution in [0.1, 0.15) is 0 Å². The van der Waals surface area contributed by atoms with Crippen molar-refractivity contribution in [1.29, 1.82) is 0 Å². The lowest BCUT2D eigenvalue weighted by atomic mass is 9.85. The van der Waals surface area contributed by atoms with Gasteiger partial charge in [-0.05, 0) is 22.0 Å². The number of imide groups is 1. The number of nitro benzene ring substituents is 1. The predicted octanol–water partition coefficient (Wildman–Crippen LogP) is 1.80. The SMILES string of the molecule is O=C1[C@@H]2[C@H](C(=O)N1c1ccc([N+](=O)[O-])cc1Br)[C@@H]1C=C[C@H]2O1. The van der Waals surface area contributed by atoms with Gasteiger partial charge in [0.1, 0.15) is 0 Å². The Morgan fingerprint density at radius 3 is 2.23 bits per heavy atom. The van der Waals surface area contributed by atoms with Crippen LogP contribution in [0.3, 0.4) is 0 Å². The molecule has 0 spiro atoms. The summed E-state index contributed by atoms with van der Waals surface area (Å²) in [6, 6.07) is 3.97. The Bertz CT molecular complexity index is 732. The molecule has 3 heterocycles. The van der Waals surface area contributed by atoms with Crippen molar-refractivity contribution in [3.8, 4) is 0 Å². The summed E-state index contributed by atoms with van der Waals surface area (Å²) in [6.07, 6.45) is 2.91. The van der Waals surface area contributed by atoms with Gasteiger partial charge in [-0.15, -0.1) is 0 Å². The molecule has 0 unspecified atom stereocenters. The van der Waals surface area contributed by atoms with Crippen molar-refractivity contribution < 1.29 is 19.2 Å². The maximum Gasteiger partial charge on any atom is 0.270 e. The number of halogens is 1. The summed E-state index contributed by atoms with van der Waals surface area (Å²) in [5.41, 5.74) is 0.217. The Kier molecular flexibility index (Phi) is 2.76. The van der Waals surface area contributed by atoms with E-state index in [1.807, 2.05) is 12.2 Å². The first-order valence-corrected chi connectivity index (χ1v) is 7.44. The van der Waals surface area contributed by atoms with Crippen molar-refractivity contribution >= 4 is 39.1 Å². The smallest absolute Gasteiger partial charge is 0.270 e. The summed E-state index contributed by atoms with van der Waals surface area (Å²) < 4.78 is 5.90. The van der Waals surface area contributed by atoms with Crippen LogP contribution >= 0.6 is 15.9 Å². The number of carbonyl (C=O) groups is 2. The van der Waals surface area contributed by atoms with E-state index < -0.39 is 16.8 Å². The monoisotopic (exact) mass is 364 g/mol. The molecule has 1 aromatic rings. The third-order valence-electron chi connectivity index (χ3n) is 4.29. The fourth-order valence-electron chi connectivity index (χ4n) is 3.33. The van der Waals surface area contributed by atoms with Gasteiger partial charge in [0.2, 0.25) is 11.8 Å². The van der Waals surface area contributed by atoms with E-state index in [1.165, 1.54) is 18.2 Å². The Morgan fingerprint density at radius 2 is 1.73 bits per heavy atom. The molecular weight excluding hydrogens is 356 g/mol. The molecule has 3 aliphatic rings. The largest absolute Gasteiger partial charge is 0.365 e. The topological polar surface area (TPSA) is 89.8 Å². The van der Waals surface area contributed by atoms with Crippen molar-refractivity contribution in [2.45, 2.75) is 12.2 Å². The van der Waals surface area contributed by atoms with E-state index in [4.69, 9.17) is 4.74 Å². The summed E-state index contributed by atoms with van der Waals surface area (Å²) in [7, 11) is 0. The van der Waals surface area contributed by atoms with Crippen molar-refractivity contribution in [1.82, 2.24) is 0 Å². The molecule has 8 heteroatoms. The van der Waals surface area contributed by atoms with Gasteiger partial charge in [0, 0.05) is 16.6 Å². The van der Waals surface area contributed by atoms with Crippen LogP contribution in [0.4, 0.5) is 11.4 Å². The van der Waals surface area contributed by atoms with Gasteiger partial charge in [0.05, 0.1) is 34.7 Å². The number of anilines is 1. The maximum atomic E-state index is 12.6. The van der Waals surface area contributed by atoms with Crippen LogP contribution in [-0.2, 0) is 14.3 Å². The molecule has 0 aromatic heterocycles. The van der Waals surface area contributed by atoms with Crippen LogP contribution in [0.25, 0.3) is 0 Å². The average molecular weight is 365 g/mol. The number of non-ortho nitro benzene ring substituents is 1. The Labute approximate surface area is 132 Å². The number of nitro groups is 1. The lowest BCUT2D eigenvalue weighted by Crippen LogP contribution is -2.34. The summed E-state index contributed by atoms with van der Waals surface area (Å²) in [5, 5.41) is 10.8. The van der Waals surface area contributed by atoms with Gasteiger partial charge in [-0.25, -0.2) is 4.90 Å². The molecule has 0 radical (unpaired) electrons. The highest BCUT2D eigenvalue weighted by atomic mass is 79.9. The molecule has 7 nitrogen and oxygen atoms in total. The van der Waals surface area contributed by atoms with Crippen LogP contribution in [-0.4, -0.2) is 28.9 Å². The van der Waals surface area contributed by atoms with Crippen LogP contribution < -0.4 is 4.90 Å². The van der Waals surface area contributed by atoms with Crippen LogP contribution in [0.15, 0.2) is 34.8 Å². The minimum absolute atomic E-state index is 0.111. The second-order valence-electron chi connectivity index (χ2n) is 5.41. The quantitative estimate of drug-likeness (QED) is 0.345. The molecule has 3 aliphatic heterocycles. The Morgan fingerprint density at radius 1 is 1.14 bits per heavy atom. The molecule has 2 bridgehead atoms. The van der Waals surface area contributed by atoms with E-state index in [1.54, 1.807) is 0 Å². The number of amides is 2. The standard InChI is InChI=1S/C14H9BrN2O5/c15-7-5-6(17(20)21)1-2-8(7)16-13(18)11-9-3-4-10(22-9)12(11)14(16)19/h1-5,9-12H/t9-,10+,11+,12-. The molecule has 0 saturated carbocycles. The number of hydrogen-bond acceptors (Lipinski definition) is 5. The fraction of sp³-hybridized carbons (Fsp3) is 0.286. The number of nitrogens with zero attached hydrogens (tertiary/aromatic N) is 2. The van der Waals surface area contributed by atoms with Crippen LogP contribution in [0, 0.1) is 22.0 Å². The van der Waals surface area contributed by atoms with Gasteiger partial charge in [-0.1, -0.05) is 12.2 Å². The van der Waals surface area contributed by atoms with Gasteiger partial charge in [0.25, 0.3) is 5.69 Å². The van der Waals surface area contributed by atoms with Crippen molar-refractivity contribution in [3.63, 3.8) is 0 Å². The van der Waals surface area contributed by atoms with Gasteiger partial charge in [0.15, 0.2) is 0 Å². The number of rotatable bonds is 2. The average Bonchev–Trinajstić information content (AvgIpc) is 3.14. The van der Waals surface area contributed by atoms with E-state index in [9.17, 15) is 19.7 Å². The number of carbonyl (C=O) groups excluding carboxylic acids is 2. The molecular formula is C14H9BrN2O5. The minimum Gasteiger partial charge on any atom is -0.365 e. The summed E-state index contributed by atoms with van der Waals surface area (Å²) in [4.78, 5) is 36.5. The molecule has 2 saturated heterocycles. The summed E-state index contributed by atoms with van der Waals surface area (Å²) >= 11 is 3.21. The zero-order chi connectivity index (χ0) is 15.6. The molecule has 1 aromatic carbocycles. The minimum atomic E-state index is -0.533. The molecule has 2 amide bonds. The van der Waals surface area contributed by atoms with Gasteiger partial charge in [-0.2, -0.15) is 0 Å². The zero-order valence-electron chi connectivity index (χ0n) is 11.0. The van der Waals surface area contributed by atoms with E-state index in [0.717, 1.165) is 4.90 Å². The molecule has 112 valence electrons. The second-order valence-corrected chi connectivity index (χ2v) is 6.26. The van der Waals surface area contributed by atoms with Gasteiger partial charge in [-0.3, -0.25) is 19.7 Å². The third-order valence-corrected chi connectivity index (χ3v) is 4.93. The lowest BCUT2D eigenvalue weighted by Gasteiger charge is -2.18. The molecule has 0 aliphatic carbocycles. The van der Waals surface area contributed by atoms with Crippen molar-refractivity contribution in [2.75, 3.05) is 4.90 Å². The molecule has 2 fully saturated rings. The normalized spacial score (nSPS) is 32.0. The van der Waals surface area contributed by atoms with Crippen LogP contribution in [0.5, 0.6) is 0 Å². The molecule has 0 N–H and O–H groups in total. The predicted molar refractivity (Wildman–Crippen MR) is 78.1 cm³/mol. The van der Waals surface area contributed by atoms with Crippen molar-refractivity contribution in [3.05, 3.63) is 44.9 Å². The summed E-state index contributed by atoms with van der Waals surface area (Å²) in [6.45, 7) is 0. The summed E-state index contributed by atoms with van der Waals surface area (Å²) in [5.74, 6) is -1.63. The number of ether oxygens (including phenoxy) is 1. The first-order valence-electron chi connectivity index (χ1n) is 6.64. The third kappa shape index (κ3) is 1.65. The van der Waals surface area contributed by atoms with Crippen molar-refractivity contribution in [2.24, 2.45) is 11.8 Å². The van der Waals surface area contributed by atoms with Gasteiger partial charge < -0.3 is 4.74 Å². The maximum absolute atomic E-state index is 12.6. The highest BCUT2D eigenvalue weighted by molar-refractivity contribution is 9.10. The number of fused-ring (bicyclic) bond motifs is 5. The zero-order valence-corrected chi connectivity index (χ0v) is 12.6. The first-order chi connectivity index (χ1) is 10.5. The molecule has 22 heavy (non-hydrogen) atoms. The Balaban J connectivity index is 1.74. The number of benzene rings is 1. The highest BCUT2D eigenvalue weighted by Crippen LogP contribution is 2.47. The van der Waals surface area contributed by atoms with E-state index in [2.05, 4.69) is 15.9 Å². The van der Waals surface area contributed by atoms with Gasteiger partial charge >= 0.3 is 0 Å².